The van der Waals surface area contributed by atoms with E-state index in [4.69, 9.17) is 9.31 Å². The summed E-state index contributed by atoms with van der Waals surface area (Å²) in [4.78, 5) is 13.2. The number of benzene rings is 1. The molecule has 0 aliphatic carbocycles. The van der Waals surface area contributed by atoms with Crippen molar-refractivity contribution in [1.29, 1.82) is 0 Å². The van der Waals surface area contributed by atoms with Gasteiger partial charge in [-0.1, -0.05) is 6.07 Å². The summed E-state index contributed by atoms with van der Waals surface area (Å²) in [6.07, 6.45) is 0. The second kappa shape index (κ2) is 5.11. The molecule has 0 bridgehead atoms. The van der Waals surface area contributed by atoms with Gasteiger partial charge in [-0.25, -0.2) is 4.39 Å². The molecule has 6 heteroatoms. The smallest absolute Gasteiger partial charge is 0.399 e. The van der Waals surface area contributed by atoms with Gasteiger partial charge in [0.25, 0.3) is 5.91 Å². The number of nitrogens with zero attached hydrogens (tertiary/aromatic N) is 1. The van der Waals surface area contributed by atoms with Crippen molar-refractivity contribution in [2.24, 2.45) is 0 Å². The van der Waals surface area contributed by atoms with Crippen LogP contribution in [-0.4, -0.2) is 43.2 Å². The molecule has 0 radical (unpaired) electrons. The van der Waals surface area contributed by atoms with Crippen molar-refractivity contribution in [2.45, 2.75) is 38.9 Å². The van der Waals surface area contributed by atoms with Gasteiger partial charge in [0.05, 0.1) is 16.8 Å². The maximum atomic E-state index is 14.1. The highest BCUT2D eigenvalue weighted by Gasteiger charge is 2.51. The number of carbonyl (C=O) groups excluding carboxylic acids is 1. The fourth-order valence-electron chi connectivity index (χ4n) is 2.07. The third-order valence-corrected chi connectivity index (χ3v) is 4.16. The molecule has 4 nitrogen and oxygen atoms in total. The average Bonchev–Trinajstić information content (AvgIpc) is 2.57. The van der Waals surface area contributed by atoms with Crippen molar-refractivity contribution in [3.05, 3.63) is 29.6 Å². The van der Waals surface area contributed by atoms with Gasteiger partial charge in [0.15, 0.2) is 0 Å². The van der Waals surface area contributed by atoms with E-state index in [2.05, 4.69) is 0 Å². The van der Waals surface area contributed by atoms with E-state index < -0.39 is 24.1 Å². The summed E-state index contributed by atoms with van der Waals surface area (Å²) in [7, 11) is 2.54. The van der Waals surface area contributed by atoms with Gasteiger partial charge in [0, 0.05) is 14.1 Å². The predicted molar refractivity (Wildman–Crippen MR) is 80.1 cm³/mol. The number of amides is 1. The predicted octanol–water partition coefficient (Wildman–Crippen LogP) is 1.83. The van der Waals surface area contributed by atoms with Crippen LogP contribution >= 0.6 is 0 Å². The van der Waals surface area contributed by atoms with E-state index in [1.54, 1.807) is 20.2 Å². The van der Waals surface area contributed by atoms with Crippen LogP contribution in [0.4, 0.5) is 4.39 Å². The Hall–Kier alpha value is -1.40. The molecule has 2 rings (SSSR count). The van der Waals surface area contributed by atoms with Gasteiger partial charge < -0.3 is 14.2 Å². The zero-order valence-electron chi connectivity index (χ0n) is 13.4. The largest absolute Gasteiger partial charge is 0.494 e. The van der Waals surface area contributed by atoms with E-state index in [-0.39, 0.29) is 11.5 Å². The van der Waals surface area contributed by atoms with Gasteiger partial charge in [-0.15, -0.1) is 0 Å². The standard InChI is InChI=1S/C15H21BFNO3/c1-14(2)15(3,4)21-16(20-14)10-7-8-11(12(17)9-10)13(19)18(5)6/h7-9H,1-6H3. The summed E-state index contributed by atoms with van der Waals surface area (Å²) in [5.41, 5.74) is -0.347. The molecule has 0 saturated carbocycles. The SMILES string of the molecule is CN(C)C(=O)c1ccc(B2OC(C)(C)C(C)(C)O2)cc1F. The molecule has 1 saturated heterocycles. The lowest BCUT2D eigenvalue weighted by Crippen LogP contribution is -2.41. The zero-order valence-corrected chi connectivity index (χ0v) is 13.4. The summed E-state index contributed by atoms with van der Waals surface area (Å²) in [6.45, 7) is 7.75. The van der Waals surface area contributed by atoms with Crippen LogP contribution in [0.1, 0.15) is 38.1 Å². The molecule has 0 N–H and O–H groups in total. The number of carbonyl (C=O) groups is 1. The summed E-state index contributed by atoms with van der Waals surface area (Å²) in [5, 5.41) is 0. The van der Waals surface area contributed by atoms with E-state index in [0.717, 1.165) is 0 Å². The van der Waals surface area contributed by atoms with Crippen molar-refractivity contribution in [3.8, 4) is 0 Å². The summed E-state index contributed by atoms with van der Waals surface area (Å²) >= 11 is 0. The van der Waals surface area contributed by atoms with E-state index in [9.17, 15) is 9.18 Å². The normalized spacial score (nSPS) is 19.7. The molecular weight excluding hydrogens is 272 g/mol. The van der Waals surface area contributed by atoms with Gasteiger partial charge >= 0.3 is 7.12 Å². The molecule has 0 unspecified atom stereocenters. The van der Waals surface area contributed by atoms with Crippen LogP contribution in [0.15, 0.2) is 18.2 Å². The Bertz CT molecular complexity index is 556. The van der Waals surface area contributed by atoms with E-state index in [0.29, 0.717) is 5.46 Å². The van der Waals surface area contributed by atoms with Gasteiger partial charge in [-0.2, -0.15) is 0 Å². The first kappa shape index (κ1) is 16.0. The average molecular weight is 293 g/mol. The lowest BCUT2D eigenvalue weighted by Gasteiger charge is -2.32. The Morgan fingerprint density at radius 2 is 1.67 bits per heavy atom. The molecule has 1 amide bonds. The number of halogens is 1. The number of hydrogen-bond acceptors (Lipinski definition) is 3. The first-order valence-corrected chi connectivity index (χ1v) is 6.92. The van der Waals surface area contributed by atoms with Crippen LogP contribution in [-0.2, 0) is 9.31 Å². The topological polar surface area (TPSA) is 38.8 Å². The fraction of sp³-hybridized carbons (Fsp3) is 0.533. The van der Waals surface area contributed by atoms with Gasteiger partial charge in [-0.3, -0.25) is 4.79 Å². The maximum Gasteiger partial charge on any atom is 0.494 e. The first-order valence-electron chi connectivity index (χ1n) is 6.92. The lowest BCUT2D eigenvalue weighted by atomic mass is 9.78. The molecule has 1 heterocycles. The third kappa shape index (κ3) is 2.83. The molecule has 0 atom stereocenters. The Morgan fingerprint density at radius 3 is 2.10 bits per heavy atom. The molecular formula is C15H21BFNO3. The van der Waals surface area contributed by atoms with E-state index >= 15 is 0 Å². The van der Waals surface area contributed by atoms with Crippen LogP contribution in [0.2, 0.25) is 0 Å². The quantitative estimate of drug-likeness (QED) is 0.781. The Kier molecular flexibility index (Phi) is 3.89. The maximum absolute atomic E-state index is 14.1. The monoisotopic (exact) mass is 293 g/mol. The molecule has 1 aromatic rings. The van der Waals surface area contributed by atoms with Gasteiger partial charge in [-0.05, 0) is 45.3 Å². The highest BCUT2D eigenvalue weighted by atomic mass is 19.1. The van der Waals surface area contributed by atoms with E-state index in [1.807, 2.05) is 27.7 Å². The molecule has 1 aliphatic rings. The Morgan fingerprint density at radius 1 is 1.14 bits per heavy atom. The zero-order chi connectivity index (χ0) is 16.0. The van der Waals surface area contributed by atoms with Crippen molar-refractivity contribution < 1.29 is 18.5 Å². The summed E-state index contributed by atoms with van der Waals surface area (Å²) in [6, 6.07) is 4.44. The van der Waals surface area contributed by atoms with Crippen LogP contribution in [0.25, 0.3) is 0 Å². The molecule has 1 aliphatic heterocycles. The van der Waals surface area contributed by atoms with Crippen LogP contribution < -0.4 is 5.46 Å². The minimum absolute atomic E-state index is 0.0419. The fourth-order valence-corrected chi connectivity index (χ4v) is 2.07. The second-order valence-corrected chi connectivity index (χ2v) is 6.53. The number of rotatable bonds is 2. The Labute approximate surface area is 125 Å². The first-order chi connectivity index (χ1) is 9.55. The van der Waals surface area contributed by atoms with Crippen molar-refractivity contribution in [1.82, 2.24) is 4.90 Å². The van der Waals surface area contributed by atoms with Crippen LogP contribution in [0, 0.1) is 5.82 Å². The third-order valence-electron chi connectivity index (χ3n) is 4.16. The molecule has 0 aromatic heterocycles. The number of hydrogen-bond donors (Lipinski definition) is 0. The van der Waals surface area contributed by atoms with Gasteiger partial charge in [0.1, 0.15) is 5.82 Å². The second-order valence-electron chi connectivity index (χ2n) is 6.53. The molecule has 0 spiro atoms. The van der Waals surface area contributed by atoms with Crippen LogP contribution in [0.3, 0.4) is 0 Å². The van der Waals surface area contributed by atoms with Crippen molar-refractivity contribution >= 4 is 18.5 Å². The minimum Gasteiger partial charge on any atom is -0.399 e. The molecule has 21 heavy (non-hydrogen) atoms. The highest BCUT2D eigenvalue weighted by molar-refractivity contribution is 6.62. The van der Waals surface area contributed by atoms with E-state index in [1.165, 1.54) is 17.0 Å². The summed E-state index contributed by atoms with van der Waals surface area (Å²) in [5.74, 6) is -0.936. The minimum atomic E-state index is -0.631. The molecule has 1 aromatic carbocycles. The van der Waals surface area contributed by atoms with Gasteiger partial charge in [0.2, 0.25) is 0 Å². The lowest BCUT2D eigenvalue weighted by molar-refractivity contribution is 0.00578. The molecule has 1 fully saturated rings. The highest BCUT2D eigenvalue weighted by Crippen LogP contribution is 2.36. The Balaban J connectivity index is 2.28. The molecule has 114 valence electrons. The van der Waals surface area contributed by atoms with Crippen molar-refractivity contribution in [2.75, 3.05) is 14.1 Å². The summed E-state index contributed by atoms with van der Waals surface area (Å²) < 4.78 is 25.9. The van der Waals surface area contributed by atoms with Crippen molar-refractivity contribution in [3.63, 3.8) is 0 Å². The van der Waals surface area contributed by atoms with Crippen LogP contribution in [0.5, 0.6) is 0 Å².